The van der Waals surface area contributed by atoms with Gasteiger partial charge < -0.3 is 20.7 Å². The summed E-state index contributed by atoms with van der Waals surface area (Å²) in [7, 11) is 0. The highest BCUT2D eigenvalue weighted by Gasteiger charge is 2.15. The minimum absolute atomic E-state index is 0.0133. The molecule has 0 radical (unpaired) electrons. The van der Waals surface area contributed by atoms with Crippen LogP contribution in [-0.4, -0.2) is 29.9 Å². The van der Waals surface area contributed by atoms with Crippen LogP contribution in [0.2, 0.25) is 5.02 Å². The zero-order chi connectivity index (χ0) is 16.8. The van der Waals surface area contributed by atoms with Gasteiger partial charge in [0, 0.05) is 18.8 Å². The molecule has 1 aromatic carbocycles. The Kier molecular flexibility index (Phi) is 6.83. The van der Waals surface area contributed by atoms with Crippen molar-refractivity contribution in [1.29, 1.82) is 0 Å². The monoisotopic (exact) mass is 347 g/mol. The number of ether oxygens (including phenoxy) is 1. The zero-order valence-electron chi connectivity index (χ0n) is 12.6. The van der Waals surface area contributed by atoms with Gasteiger partial charge in [0.2, 0.25) is 0 Å². The van der Waals surface area contributed by atoms with Crippen molar-refractivity contribution >= 4 is 40.7 Å². The van der Waals surface area contributed by atoms with Crippen molar-refractivity contribution < 1.29 is 13.9 Å². The molecule has 0 fully saturated rings. The Bertz CT molecular complexity index is 549. The lowest BCUT2D eigenvalue weighted by Gasteiger charge is -2.19. The summed E-state index contributed by atoms with van der Waals surface area (Å²) in [5.74, 6) is -0.493. The third-order valence-corrected chi connectivity index (χ3v) is 2.79. The third kappa shape index (κ3) is 7.42. The molecule has 0 saturated carbocycles. The number of halogens is 2. The second-order valence-electron chi connectivity index (χ2n) is 5.44. The summed E-state index contributed by atoms with van der Waals surface area (Å²) in [5, 5.41) is 8.71. The average molecular weight is 348 g/mol. The van der Waals surface area contributed by atoms with E-state index in [0.717, 1.165) is 0 Å². The SMILES string of the molecule is CC(C)(C)OC(=O)NCCNC(=S)Nc1ccc(F)c(Cl)c1. The summed E-state index contributed by atoms with van der Waals surface area (Å²) >= 11 is 10.7. The van der Waals surface area contributed by atoms with Gasteiger partial charge in [0.15, 0.2) is 5.11 Å². The number of carbonyl (C=O) groups excluding carboxylic acids is 1. The van der Waals surface area contributed by atoms with Crippen molar-refractivity contribution in [3.8, 4) is 0 Å². The van der Waals surface area contributed by atoms with Gasteiger partial charge in [0.1, 0.15) is 11.4 Å². The van der Waals surface area contributed by atoms with Gasteiger partial charge in [0.25, 0.3) is 0 Å². The van der Waals surface area contributed by atoms with Gasteiger partial charge in [-0.2, -0.15) is 0 Å². The van der Waals surface area contributed by atoms with Gasteiger partial charge in [-0.3, -0.25) is 0 Å². The van der Waals surface area contributed by atoms with Crippen LogP contribution in [0, 0.1) is 5.82 Å². The van der Waals surface area contributed by atoms with Crippen LogP contribution in [0.4, 0.5) is 14.9 Å². The minimum Gasteiger partial charge on any atom is -0.444 e. The lowest BCUT2D eigenvalue weighted by Crippen LogP contribution is -2.39. The fourth-order valence-corrected chi connectivity index (χ4v) is 1.80. The first-order valence-corrected chi connectivity index (χ1v) is 7.43. The number of carbonyl (C=O) groups is 1. The second kappa shape index (κ2) is 8.14. The molecule has 0 aliphatic carbocycles. The van der Waals surface area contributed by atoms with Gasteiger partial charge in [0.05, 0.1) is 5.02 Å². The molecule has 22 heavy (non-hydrogen) atoms. The Hall–Kier alpha value is -1.60. The Morgan fingerprint density at radius 2 is 1.95 bits per heavy atom. The van der Waals surface area contributed by atoms with Crippen LogP contribution in [0.5, 0.6) is 0 Å². The standard InChI is InChI=1S/C14H19ClFN3O2S/c1-14(2,3)21-13(20)18-7-6-17-12(22)19-9-4-5-11(16)10(15)8-9/h4-5,8H,6-7H2,1-3H3,(H,18,20)(H2,17,19,22). The molecule has 0 unspecified atom stereocenters. The second-order valence-corrected chi connectivity index (χ2v) is 6.25. The van der Waals surface area contributed by atoms with E-state index in [1.54, 1.807) is 20.8 Å². The fraction of sp³-hybridized carbons (Fsp3) is 0.429. The van der Waals surface area contributed by atoms with Crippen LogP contribution in [0.25, 0.3) is 0 Å². The van der Waals surface area contributed by atoms with Crippen molar-refractivity contribution in [3.05, 3.63) is 29.0 Å². The molecule has 1 rings (SSSR count). The van der Waals surface area contributed by atoms with Crippen LogP contribution in [0.3, 0.4) is 0 Å². The van der Waals surface area contributed by atoms with Gasteiger partial charge >= 0.3 is 6.09 Å². The molecular weight excluding hydrogens is 329 g/mol. The Morgan fingerprint density at radius 3 is 2.55 bits per heavy atom. The van der Waals surface area contributed by atoms with Gasteiger partial charge in [-0.05, 0) is 51.2 Å². The lowest BCUT2D eigenvalue weighted by atomic mass is 10.2. The van der Waals surface area contributed by atoms with E-state index in [-0.39, 0.29) is 5.02 Å². The summed E-state index contributed by atoms with van der Waals surface area (Å²) < 4.78 is 18.1. The summed E-state index contributed by atoms with van der Waals surface area (Å²) in [6.45, 7) is 6.13. The van der Waals surface area contributed by atoms with E-state index in [1.165, 1.54) is 18.2 Å². The maximum absolute atomic E-state index is 13.0. The molecule has 0 bridgehead atoms. The maximum atomic E-state index is 13.0. The molecule has 0 aliphatic heterocycles. The molecule has 5 nitrogen and oxygen atoms in total. The van der Waals surface area contributed by atoms with Gasteiger partial charge in [-0.25, -0.2) is 9.18 Å². The molecule has 1 amide bonds. The van der Waals surface area contributed by atoms with Crippen molar-refractivity contribution in [2.24, 2.45) is 0 Å². The van der Waals surface area contributed by atoms with E-state index in [0.29, 0.717) is 23.9 Å². The highest BCUT2D eigenvalue weighted by Crippen LogP contribution is 2.19. The van der Waals surface area contributed by atoms with E-state index >= 15 is 0 Å². The summed E-state index contributed by atoms with van der Waals surface area (Å²) in [6, 6.07) is 4.20. The number of alkyl carbamates (subject to hydrolysis) is 1. The number of benzene rings is 1. The molecule has 0 aromatic heterocycles. The van der Waals surface area contributed by atoms with E-state index < -0.39 is 17.5 Å². The predicted octanol–water partition coefficient (Wildman–Crippen LogP) is 3.29. The molecule has 3 N–H and O–H groups in total. The highest BCUT2D eigenvalue weighted by molar-refractivity contribution is 7.80. The molecule has 1 aromatic rings. The molecule has 0 aliphatic rings. The van der Waals surface area contributed by atoms with Gasteiger partial charge in [-0.15, -0.1) is 0 Å². The number of hydrogen-bond acceptors (Lipinski definition) is 3. The van der Waals surface area contributed by atoms with E-state index in [2.05, 4.69) is 16.0 Å². The Balaban J connectivity index is 2.26. The molecular formula is C14H19ClFN3O2S. The Morgan fingerprint density at radius 1 is 1.32 bits per heavy atom. The minimum atomic E-state index is -0.532. The van der Waals surface area contributed by atoms with Crippen LogP contribution < -0.4 is 16.0 Å². The summed E-state index contributed by atoms with van der Waals surface area (Å²) in [5.41, 5.74) is 0.0416. The van der Waals surface area contributed by atoms with E-state index in [9.17, 15) is 9.18 Å². The smallest absolute Gasteiger partial charge is 0.407 e. The average Bonchev–Trinajstić information content (AvgIpc) is 2.37. The van der Waals surface area contributed by atoms with Crippen molar-refractivity contribution in [1.82, 2.24) is 10.6 Å². The van der Waals surface area contributed by atoms with Crippen molar-refractivity contribution in [2.75, 3.05) is 18.4 Å². The van der Waals surface area contributed by atoms with Crippen LogP contribution in [-0.2, 0) is 4.74 Å². The lowest BCUT2D eigenvalue weighted by molar-refractivity contribution is 0.0529. The Labute approximate surface area is 139 Å². The van der Waals surface area contributed by atoms with E-state index in [1.807, 2.05) is 0 Å². The molecule has 0 heterocycles. The van der Waals surface area contributed by atoms with Crippen LogP contribution in [0.15, 0.2) is 18.2 Å². The molecule has 122 valence electrons. The number of hydrogen-bond donors (Lipinski definition) is 3. The van der Waals surface area contributed by atoms with Gasteiger partial charge in [-0.1, -0.05) is 11.6 Å². The van der Waals surface area contributed by atoms with Crippen molar-refractivity contribution in [2.45, 2.75) is 26.4 Å². The van der Waals surface area contributed by atoms with Crippen molar-refractivity contribution in [3.63, 3.8) is 0 Å². The molecule has 8 heteroatoms. The van der Waals surface area contributed by atoms with Crippen LogP contribution in [0.1, 0.15) is 20.8 Å². The topological polar surface area (TPSA) is 62.4 Å². The first-order chi connectivity index (χ1) is 10.2. The number of nitrogens with one attached hydrogen (secondary N) is 3. The first-order valence-electron chi connectivity index (χ1n) is 6.64. The first kappa shape index (κ1) is 18.4. The summed E-state index contributed by atoms with van der Waals surface area (Å²) in [4.78, 5) is 11.4. The molecule has 0 atom stereocenters. The number of rotatable bonds is 4. The van der Waals surface area contributed by atoms with Crippen LogP contribution >= 0.6 is 23.8 Å². The largest absolute Gasteiger partial charge is 0.444 e. The number of thiocarbonyl (C=S) groups is 1. The zero-order valence-corrected chi connectivity index (χ0v) is 14.2. The number of anilines is 1. The normalized spacial score (nSPS) is 10.8. The number of amides is 1. The molecule has 0 saturated heterocycles. The fourth-order valence-electron chi connectivity index (χ4n) is 1.40. The quantitative estimate of drug-likeness (QED) is 0.576. The maximum Gasteiger partial charge on any atom is 0.407 e. The summed E-state index contributed by atoms with van der Waals surface area (Å²) in [6.07, 6.45) is -0.488. The highest BCUT2D eigenvalue weighted by atomic mass is 35.5. The van der Waals surface area contributed by atoms with E-state index in [4.69, 9.17) is 28.6 Å². The predicted molar refractivity (Wildman–Crippen MR) is 89.9 cm³/mol. The molecule has 0 spiro atoms. The third-order valence-electron chi connectivity index (χ3n) is 2.26.